The predicted molar refractivity (Wildman–Crippen MR) is 236 cm³/mol. The first-order chi connectivity index (χ1) is 27.4. The van der Waals surface area contributed by atoms with Crippen LogP contribution in [-0.2, 0) is 20.4 Å². The Bertz CT molecular complexity index is 2440. The van der Waals surface area contributed by atoms with Crippen molar-refractivity contribution in [2.45, 2.75) is 110 Å². The van der Waals surface area contributed by atoms with Gasteiger partial charge in [0.1, 0.15) is 6.42 Å². The van der Waals surface area contributed by atoms with Gasteiger partial charge in [-0.05, 0) is 115 Å². The van der Waals surface area contributed by atoms with Crippen LogP contribution in [-0.4, -0.2) is 45.5 Å². The van der Waals surface area contributed by atoms with Crippen LogP contribution in [0, 0.1) is 13.8 Å². The van der Waals surface area contributed by atoms with Crippen LogP contribution in [0.4, 0.5) is 11.4 Å². The summed E-state index contributed by atoms with van der Waals surface area (Å²) in [6, 6.07) is 22.0. The number of carboxylic acids is 2. The van der Waals surface area contributed by atoms with Gasteiger partial charge in [0.05, 0.1) is 11.8 Å². The normalized spacial score (nSPS) is 18.8. The Balaban J connectivity index is 1.33. The summed E-state index contributed by atoms with van der Waals surface area (Å²) < 4.78 is 2.24. The van der Waals surface area contributed by atoms with E-state index in [4.69, 9.17) is 11.6 Å². The number of allylic oxidation sites excluding steroid dienone is 8. The van der Waals surface area contributed by atoms with Gasteiger partial charge in [0.2, 0.25) is 5.69 Å². The molecule has 0 spiro atoms. The van der Waals surface area contributed by atoms with Crippen LogP contribution in [0.3, 0.4) is 0 Å². The van der Waals surface area contributed by atoms with Gasteiger partial charge in [-0.3, -0.25) is 9.59 Å². The van der Waals surface area contributed by atoms with Crippen molar-refractivity contribution in [1.82, 2.24) is 0 Å². The van der Waals surface area contributed by atoms with Crippen molar-refractivity contribution in [3.8, 4) is 0 Å². The second-order valence-corrected chi connectivity index (χ2v) is 16.6. The summed E-state index contributed by atoms with van der Waals surface area (Å²) in [5.41, 5.74) is 11.0. The zero-order valence-corrected chi connectivity index (χ0v) is 35.1. The summed E-state index contributed by atoms with van der Waals surface area (Å²) in [5, 5.41) is 25.2. The van der Waals surface area contributed by atoms with Gasteiger partial charge in [-0.2, -0.15) is 4.58 Å². The Labute approximate surface area is 342 Å². The van der Waals surface area contributed by atoms with Crippen LogP contribution >= 0.6 is 11.6 Å². The fourth-order valence-electron chi connectivity index (χ4n) is 10.3. The second kappa shape index (κ2) is 16.1. The smallest absolute Gasteiger partial charge is 0.309 e. The third-order valence-corrected chi connectivity index (χ3v) is 13.7. The van der Waals surface area contributed by atoms with Gasteiger partial charge in [0, 0.05) is 46.1 Å². The molecule has 0 unspecified atom stereocenters. The van der Waals surface area contributed by atoms with Gasteiger partial charge in [0.25, 0.3) is 0 Å². The lowest BCUT2D eigenvalue weighted by Gasteiger charge is -2.32. The first-order valence-electron chi connectivity index (χ1n) is 20.8. The lowest BCUT2D eigenvalue weighted by Crippen LogP contribution is -2.33. The largest absolute Gasteiger partial charge is 0.481 e. The van der Waals surface area contributed by atoms with Crippen molar-refractivity contribution >= 4 is 62.2 Å². The molecule has 0 fully saturated rings. The van der Waals surface area contributed by atoms with Crippen molar-refractivity contribution in [2.24, 2.45) is 0 Å². The van der Waals surface area contributed by atoms with E-state index in [1.54, 1.807) is 0 Å². The number of nitrogens with zero attached hydrogens (tertiary/aromatic N) is 2. The summed E-state index contributed by atoms with van der Waals surface area (Å²) in [4.78, 5) is 26.1. The minimum absolute atomic E-state index is 0.0387. The Morgan fingerprint density at radius 1 is 0.754 bits per heavy atom. The van der Waals surface area contributed by atoms with Gasteiger partial charge in [0.15, 0.2) is 12.3 Å². The van der Waals surface area contributed by atoms with Gasteiger partial charge in [-0.15, -0.1) is 0 Å². The van der Waals surface area contributed by atoms with Gasteiger partial charge >= 0.3 is 11.9 Å². The molecular weight excluding hydrogens is 728 g/mol. The molecule has 57 heavy (non-hydrogen) atoms. The minimum Gasteiger partial charge on any atom is -0.481 e. The monoisotopic (exact) mass is 783 g/mol. The first-order valence-corrected chi connectivity index (χ1v) is 21.2. The van der Waals surface area contributed by atoms with Crippen LogP contribution in [0.1, 0.15) is 108 Å². The number of fused-ring (bicyclic) bond motifs is 6. The molecule has 0 saturated heterocycles. The molecule has 7 rings (SSSR count). The van der Waals surface area contributed by atoms with E-state index in [0.717, 1.165) is 83.9 Å². The minimum atomic E-state index is -0.811. The topological polar surface area (TPSA) is 80.9 Å². The molecule has 2 aliphatic heterocycles. The summed E-state index contributed by atoms with van der Waals surface area (Å²) in [7, 11) is 0. The highest BCUT2D eigenvalue weighted by Gasteiger charge is 2.50. The molecule has 3 aliphatic rings. The van der Waals surface area contributed by atoms with E-state index in [0.29, 0.717) is 13.1 Å². The highest BCUT2D eigenvalue weighted by Crippen LogP contribution is 2.55. The van der Waals surface area contributed by atoms with E-state index >= 15 is 0 Å². The third kappa shape index (κ3) is 6.94. The number of halogens is 1. The fourth-order valence-corrected chi connectivity index (χ4v) is 10.6. The Morgan fingerprint density at radius 2 is 1.37 bits per heavy atom. The summed E-state index contributed by atoms with van der Waals surface area (Å²) in [6.45, 7) is 14.0. The number of aryl methyl sites for hydroxylation is 2. The molecule has 4 aromatic rings. The molecule has 296 valence electrons. The zero-order valence-electron chi connectivity index (χ0n) is 34.3. The van der Waals surface area contributed by atoms with Gasteiger partial charge < -0.3 is 15.1 Å². The second-order valence-electron chi connectivity index (χ2n) is 16.2. The van der Waals surface area contributed by atoms with Crippen molar-refractivity contribution in [3.05, 3.63) is 129 Å². The Hall–Kier alpha value is -4.94. The highest BCUT2D eigenvalue weighted by atomic mass is 35.5. The number of carboxylic acid groups (broad SMARTS) is 2. The Kier molecular flexibility index (Phi) is 11.4. The molecule has 6 nitrogen and oxygen atoms in total. The molecular formula is C50H56ClN2O4+. The summed E-state index contributed by atoms with van der Waals surface area (Å²) >= 11 is 7.38. The quantitative estimate of drug-likeness (QED) is 0.132. The molecule has 0 saturated carbocycles. The number of anilines is 1. The van der Waals surface area contributed by atoms with Crippen molar-refractivity contribution in [1.29, 1.82) is 0 Å². The molecule has 0 amide bonds. The average molecular weight is 784 g/mol. The average Bonchev–Trinajstić information content (AvgIpc) is 3.63. The fraction of sp³-hybridized carbons (Fsp3) is 0.380. The molecule has 0 aromatic heterocycles. The first kappa shape index (κ1) is 40.3. The number of hydrogen-bond donors (Lipinski definition) is 2. The molecule has 2 heterocycles. The van der Waals surface area contributed by atoms with Crippen LogP contribution < -0.4 is 4.90 Å². The van der Waals surface area contributed by atoms with E-state index < -0.39 is 11.9 Å². The number of carbonyl (C=O) groups is 2. The molecule has 0 bridgehead atoms. The summed E-state index contributed by atoms with van der Waals surface area (Å²) in [6.07, 6.45) is 15.1. The number of benzene rings is 4. The molecule has 0 atom stereocenters. The molecule has 0 radical (unpaired) electrons. The maximum Gasteiger partial charge on any atom is 0.309 e. The number of hydrogen-bond acceptors (Lipinski definition) is 3. The maximum absolute atomic E-state index is 11.9. The van der Waals surface area contributed by atoms with E-state index in [-0.39, 0.29) is 23.7 Å². The number of aliphatic carboxylic acids is 2. The molecule has 1 aliphatic carbocycles. The van der Waals surface area contributed by atoms with Crippen molar-refractivity contribution in [2.75, 3.05) is 18.0 Å². The van der Waals surface area contributed by atoms with Crippen molar-refractivity contribution < 1.29 is 24.4 Å². The highest BCUT2D eigenvalue weighted by molar-refractivity contribution is 6.32. The van der Waals surface area contributed by atoms with E-state index in [1.165, 1.54) is 43.8 Å². The van der Waals surface area contributed by atoms with Crippen molar-refractivity contribution in [3.63, 3.8) is 0 Å². The van der Waals surface area contributed by atoms with E-state index in [9.17, 15) is 19.8 Å². The van der Waals surface area contributed by atoms with Crippen LogP contribution in [0.5, 0.6) is 0 Å². The third-order valence-electron chi connectivity index (χ3n) is 13.3. The molecule has 2 N–H and O–H groups in total. The lowest BCUT2D eigenvalue weighted by molar-refractivity contribution is -0.436. The predicted octanol–water partition coefficient (Wildman–Crippen LogP) is 12.3. The van der Waals surface area contributed by atoms with Crippen LogP contribution in [0.25, 0.3) is 21.5 Å². The standard InChI is InChI=1S/C50H55ClN2O4/c1-7-49(8-2)42(52(28-26-44(54)55)40-22-16-36-30-32(5)14-20-38(36)46(40)49)24-18-34-12-11-13-35(48(34)51)19-25-43-50(9-3,10-4)47-39-21-15-33(6)31-37(39)17-23-41(47)53(43)29-27-45(56)57/h14-25,30-31H,7-13,26-29H2,1-6H3,(H-,54,55,56,57)/p+1. The number of rotatable bonds is 13. The Morgan fingerprint density at radius 3 is 1.98 bits per heavy atom. The zero-order chi connectivity index (χ0) is 40.6. The van der Waals surface area contributed by atoms with E-state index in [2.05, 4.69) is 136 Å². The lowest BCUT2D eigenvalue weighted by atomic mass is 9.71. The van der Waals surface area contributed by atoms with Crippen LogP contribution in [0.2, 0.25) is 0 Å². The van der Waals surface area contributed by atoms with E-state index in [1.807, 2.05) is 0 Å². The SMILES string of the molecule is CCC1(CC)C(/C=C/C2=C(Cl)C(=C/C=C3/N(CCC(=O)O)c4ccc5cc(C)ccc5c4C3(CC)CC)/CCC2)=[N+](CCC(=O)O)c2ccc3cc(C)ccc3c21. The molecule has 4 aromatic carbocycles. The summed E-state index contributed by atoms with van der Waals surface area (Å²) in [5.74, 6) is -1.62. The van der Waals surface area contributed by atoms with Gasteiger partial charge in [-0.1, -0.05) is 105 Å². The van der Waals surface area contributed by atoms with Gasteiger partial charge in [-0.25, -0.2) is 0 Å². The maximum atomic E-state index is 11.9. The molecule has 7 heteroatoms. The van der Waals surface area contributed by atoms with Crippen LogP contribution in [0.15, 0.2) is 107 Å².